The molecule has 1 aliphatic heterocycles. The molecule has 0 unspecified atom stereocenters. The summed E-state index contributed by atoms with van der Waals surface area (Å²) in [5, 5.41) is 20.4. The second-order valence-corrected chi connectivity index (χ2v) is 5.20. The van der Waals surface area contributed by atoms with Gasteiger partial charge in [0.15, 0.2) is 5.17 Å². The Labute approximate surface area is 119 Å². The smallest absolute Gasteiger partial charge is 0.239 e. The van der Waals surface area contributed by atoms with Crippen LogP contribution in [0.2, 0.25) is 0 Å². The topological polar surface area (TPSA) is 107 Å². The fourth-order valence-corrected chi connectivity index (χ4v) is 2.40. The van der Waals surface area contributed by atoms with Gasteiger partial charge < -0.3 is 15.2 Å². The summed E-state index contributed by atoms with van der Waals surface area (Å²) in [6.45, 7) is 1.77. The van der Waals surface area contributed by atoms with Crippen LogP contribution in [0.5, 0.6) is 0 Å². The number of pyridine rings is 1. The van der Waals surface area contributed by atoms with Crippen molar-refractivity contribution in [1.82, 2.24) is 10.3 Å². The largest absolute Gasteiger partial charge is 0.550 e. The van der Waals surface area contributed by atoms with Crippen molar-refractivity contribution < 1.29 is 14.7 Å². The molecule has 2 heterocycles. The van der Waals surface area contributed by atoms with Gasteiger partial charge in [0, 0.05) is 30.3 Å². The monoisotopic (exact) mass is 291 g/mol. The van der Waals surface area contributed by atoms with Crippen molar-refractivity contribution >= 4 is 34.5 Å². The quantitative estimate of drug-likeness (QED) is 0.596. The SMILES string of the molecule is C/C(=N/N=C1\NC(=O)[C@H](CC(=O)[O-])S1)c1cccnc1. The Morgan fingerprint density at radius 2 is 2.40 bits per heavy atom. The van der Waals surface area contributed by atoms with Gasteiger partial charge in [0.2, 0.25) is 5.91 Å². The van der Waals surface area contributed by atoms with Gasteiger partial charge in [0.1, 0.15) is 0 Å². The first-order valence-corrected chi connectivity index (χ1v) is 6.64. The highest BCUT2D eigenvalue weighted by Gasteiger charge is 2.30. The zero-order valence-electron chi connectivity index (χ0n) is 10.6. The third-order valence-corrected chi connectivity index (χ3v) is 3.57. The molecule has 0 aliphatic carbocycles. The zero-order chi connectivity index (χ0) is 14.5. The molecule has 2 rings (SSSR count). The number of amidine groups is 1. The molecule has 1 N–H and O–H groups in total. The number of nitrogens with one attached hydrogen (secondary N) is 1. The first kappa shape index (κ1) is 14.2. The number of thioether (sulfide) groups is 1. The summed E-state index contributed by atoms with van der Waals surface area (Å²) in [6, 6.07) is 3.62. The van der Waals surface area contributed by atoms with E-state index in [0.717, 1.165) is 17.3 Å². The fraction of sp³-hybridized carbons (Fsp3) is 0.250. The molecule has 0 aromatic carbocycles. The number of carbonyl (C=O) groups is 2. The lowest BCUT2D eigenvalue weighted by molar-refractivity contribution is -0.305. The van der Waals surface area contributed by atoms with E-state index in [-0.39, 0.29) is 11.6 Å². The summed E-state index contributed by atoms with van der Waals surface area (Å²) >= 11 is 1.03. The van der Waals surface area contributed by atoms with E-state index < -0.39 is 17.1 Å². The molecule has 8 heteroatoms. The molecule has 0 saturated carbocycles. The van der Waals surface area contributed by atoms with E-state index in [2.05, 4.69) is 20.5 Å². The van der Waals surface area contributed by atoms with Crippen molar-refractivity contribution in [2.45, 2.75) is 18.6 Å². The van der Waals surface area contributed by atoms with E-state index in [1.54, 1.807) is 25.4 Å². The Bertz CT molecular complexity index is 586. The molecule has 1 aromatic heterocycles. The highest BCUT2D eigenvalue weighted by molar-refractivity contribution is 8.15. The van der Waals surface area contributed by atoms with Crippen LogP contribution in [0.1, 0.15) is 18.9 Å². The van der Waals surface area contributed by atoms with Crippen LogP contribution in [0.25, 0.3) is 0 Å². The molecule has 0 spiro atoms. The summed E-state index contributed by atoms with van der Waals surface area (Å²) in [7, 11) is 0. The molecule has 1 fully saturated rings. The lowest BCUT2D eigenvalue weighted by atomic mass is 10.2. The van der Waals surface area contributed by atoms with Gasteiger partial charge in [-0.3, -0.25) is 9.78 Å². The van der Waals surface area contributed by atoms with Crippen LogP contribution in [-0.4, -0.2) is 33.0 Å². The summed E-state index contributed by atoms with van der Waals surface area (Å²) in [6.07, 6.45) is 2.96. The van der Waals surface area contributed by atoms with Gasteiger partial charge >= 0.3 is 0 Å². The number of amides is 1. The van der Waals surface area contributed by atoms with Crippen LogP contribution in [0.3, 0.4) is 0 Å². The first-order chi connectivity index (χ1) is 9.56. The van der Waals surface area contributed by atoms with Crippen molar-refractivity contribution in [2.24, 2.45) is 10.2 Å². The van der Waals surface area contributed by atoms with Gasteiger partial charge in [0.25, 0.3) is 0 Å². The van der Waals surface area contributed by atoms with E-state index in [9.17, 15) is 14.7 Å². The fourth-order valence-electron chi connectivity index (χ4n) is 1.49. The molecule has 7 nitrogen and oxygen atoms in total. The number of hydrogen-bond acceptors (Lipinski definition) is 7. The molecule has 1 aromatic rings. The molecular weight excluding hydrogens is 280 g/mol. The predicted molar refractivity (Wildman–Crippen MR) is 73.0 cm³/mol. The standard InChI is InChI=1S/C12H12N4O3S/c1-7(8-3-2-4-13-6-8)15-16-12-14-11(19)9(20-12)5-10(17)18/h2-4,6,9H,5H2,1H3,(H,17,18)(H,14,16,19)/p-1/b15-7-/t9-/m0/s1. The van der Waals surface area contributed by atoms with E-state index in [1.807, 2.05) is 6.07 Å². The Balaban J connectivity index is 2.06. The summed E-state index contributed by atoms with van der Waals surface area (Å²) < 4.78 is 0. The molecule has 20 heavy (non-hydrogen) atoms. The van der Waals surface area contributed by atoms with Crippen molar-refractivity contribution in [2.75, 3.05) is 0 Å². The van der Waals surface area contributed by atoms with Crippen molar-refractivity contribution in [3.63, 3.8) is 0 Å². The molecule has 0 bridgehead atoms. The van der Waals surface area contributed by atoms with Crippen LogP contribution in [-0.2, 0) is 9.59 Å². The maximum atomic E-state index is 11.5. The van der Waals surface area contributed by atoms with Crippen molar-refractivity contribution in [3.05, 3.63) is 30.1 Å². The lowest BCUT2D eigenvalue weighted by Gasteiger charge is -2.04. The number of carboxylic acid groups (broad SMARTS) is 1. The Morgan fingerprint density at radius 3 is 3.05 bits per heavy atom. The molecule has 1 saturated heterocycles. The zero-order valence-corrected chi connectivity index (χ0v) is 11.4. The molecule has 0 radical (unpaired) electrons. The summed E-state index contributed by atoms with van der Waals surface area (Å²) in [5.41, 5.74) is 1.46. The molecule has 1 aliphatic rings. The first-order valence-electron chi connectivity index (χ1n) is 5.76. The molecule has 1 atom stereocenters. The number of carboxylic acids is 1. The Hall–Kier alpha value is -2.22. The summed E-state index contributed by atoms with van der Waals surface area (Å²) in [5.74, 6) is -1.67. The van der Waals surface area contributed by atoms with E-state index >= 15 is 0 Å². The third kappa shape index (κ3) is 3.64. The van der Waals surface area contributed by atoms with Crippen LogP contribution in [0.15, 0.2) is 34.7 Å². The van der Waals surface area contributed by atoms with Gasteiger partial charge in [0.05, 0.1) is 11.0 Å². The minimum atomic E-state index is -1.27. The van der Waals surface area contributed by atoms with Crippen LogP contribution < -0.4 is 10.4 Å². The number of nitrogens with zero attached hydrogens (tertiary/aromatic N) is 3. The Kier molecular flexibility index (Phi) is 4.46. The predicted octanol–water partition coefficient (Wildman–Crippen LogP) is -0.467. The number of aromatic nitrogens is 1. The van der Waals surface area contributed by atoms with Gasteiger partial charge in [-0.25, -0.2) is 0 Å². The third-order valence-electron chi connectivity index (χ3n) is 2.50. The van der Waals surface area contributed by atoms with Crippen LogP contribution in [0, 0.1) is 0 Å². The second-order valence-electron chi connectivity index (χ2n) is 4.00. The van der Waals surface area contributed by atoms with E-state index in [0.29, 0.717) is 5.71 Å². The highest BCUT2D eigenvalue weighted by Crippen LogP contribution is 2.22. The summed E-state index contributed by atoms with van der Waals surface area (Å²) in [4.78, 5) is 25.9. The van der Waals surface area contributed by atoms with Gasteiger partial charge in [-0.15, -0.1) is 5.10 Å². The normalized spacial score (nSPS) is 21.1. The van der Waals surface area contributed by atoms with Gasteiger partial charge in [-0.1, -0.05) is 17.8 Å². The van der Waals surface area contributed by atoms with Gasteiger partial charge in [-0.05, 0) is 13.0 Å². The van der Waals surface area contributed by atoms with Crippen LogP contribution in [0.4, 0.5) is 0 Å². The maximum Gasteiger partial charge on any atom is 0.239 e. The second kappa shape index (κ2) is 6.29. The van der Waals surface area contributed by atoms with Crippen molar-refractivity contribution in [1.29, 1.82) is 0 Å². The maximum absolute atomic E-state index is 11.5. The molecule has 104 valence electrons. The van der Waals surface area contributed by atoms with Crippen LogP contribution >= 0.6 is 11.8 Å². The number of hydrogen-bond donors (Lipinski definition) is 1. The van der Waals surface area contributed by atoms with E-state index in [4.69, 9.17) is 0 Å². The van der Waals surface area contributed by atoms with Gasteiger partial charge in [-0.2, -0.15) is 5.10 Å². The molecule has 1 amide bonds. The number of rotatable bonds is 4. The Morgan fingerprint density at radius 1 is 1.60 bits per heavy atom. The minimum absolute atomic E-state index is 0.282. The minimum Gasteiger partial charge on any atom is -0.550 e. The lowest BCUT2D eigenvalue weighted by Crippen LogP contribution is -2.31. The molecular formula is C12H11N4O3S-. The van der Waals surface area contributed by atoms with E-state index in [1.165, 1.54) is 0 Å². The average molecular weight is 291 g/mol. The highest BCUT2D eigenvalue weighted by atomic mass is 32.2. The number of aliphatic carboxylic acids is 1. The van der Waals surface area contributed by atoms with Crippen molar-refractivity contribution in [3.8, 4) is 0 Å². The number of carbonyl (C=O) groups excluding carboxylic acids is 2. The average Bonchev–Trinajstić information content (AvgIpc) is 2.77.